The van der Waals surface area contributed by atoms with Crippen LogP contribution in [0.3, 0.4) is 0 Å². The summed E-state index contributed by atoms with van der Waals surface area (Å²) in [4.78, 5) is 34.3. The number of benzene rings is 1. The molecule has 3 N–H and O–H groups in total. The highest BCUT2D eigenvalue weighted by Crippen LogP contribution is 2.40. The number of imide groups is 1. The summed E-state index contributed by atoms with van der Waals surface area (Å²) in [7, 11) is 0. The number of rotatable bonds is 1. The topological polar surface area (TPSA) is 95.5 Å². The lowest BCUT2D eigenvalue weighted by molar-refractivity contribution is -0.124. The number of carboxylic acid groups (broad SMARTS) is 1. The van der Waals surface area contributed by atoms with Crippen molar-refractivity contribution in [2.75, 3.05) is 0 Å². The van der Waals surface area contributed by atoms with Crippen LogP contribution < -0.4 is 10.6 Å². The molecule has 1 saturated heterocycles. The molecule has 3 rings (SSSR count). The molecule has 6 heteroatoms. The van der Waals surface area contributed by atoms with Crippen LogP contribution in [0, 0.1) is 0 Å². The van der Waals surface area contributed by atoms with Gasteiger partial charge < -0.3 is 10.4 Å². The molecule has 6 nitrogen and oxygen atoms in total. The van der Waals surface area contributed by atoms with Gasteiger partial charge in [-0.25, -0.2) is 9.59 Å². The Kier molecular flexibility index (Phi) is 1.98. The maximum atomic E-state index is 11.9. The molecular weight excluding hydrogens is 236 g/mol. The van der Waals surface area contributed by atoms with E-state index in [0.717, 1.165) is 0 Å². The van der Waals surface area contributed by atoms with Gasteiger partial charge in [-0.1, -0.05) is 12.1 Å². The van der Waals surface area contributed by atoms with E-state index in [2.05, 4.69) is 10.6 Å². The molecule has 1 atom stereocenters. The Morgan fingerprint density at radius 2 is 2.11 bits per heavy atom. The molecule has 92 valence electrons. The fraction of sp³-hybridized carbons (Fsp3) is 0.250. The van der Waals surface area contributed by atoms with Crippen molar-refractivity contribution in [1.29, 1.82) is 0 Å². The van der Waals surface area contributed by atoms with Crippen molar-refractivity contribution in [3.8, 4) is 0 Å². The van der Waals surface area contributed by atoms with Crippen LogP contribution in [0.15, 0.2) is 18.2 Å². The second-order valence-electron chi connectivity index (χ2n) is 4.45. The van der Waals surface area contributed by atoms with E-state index >= 15 is 0 Å². The van der Waals surface area contributed by atoms with Gasteiger partial charge in [-0.15, -0.1) is 0 Å². The first-order valence-corrected chi connectivity index (χ1v) is 5.54. The largest absolute Gasteiger partial charge is 0.478 e. The number of carboxylic acids is 1. The summed E-state index contributed by atoms with van der Waals surface area (Å²) in [5.41, 5.74) is 0.323. The molecule has 0 aromatic heterocycles. The first kappa shape index (κ1) is 10.8. The zero-order chi connectivity index (χ0) is 12.9. The van der Waals surface area contributed by atoms with Gasteiger partial charge >= 0.3 is 12.0 Å². The van der Waals surface area contributed by atoms with Gasteiger partial charge in [0.1, 0.15) is 5.54 Å². The number of urea groups is 1. The van der Waals surface area contributed by atoms with E-state index in [9.17, 15) is 14.4 Å². The molecule has 0 radical (unpaired) electrons. The molecule has 3 amide bonds. The van der Waals surface area contributed by atoms with E-state index in [1.54, 1.807) is 12.1 Å². The summed E-state index contributed by atoms with van der Waals surface area (Å²) in [5, 5.41) is 13.9. The molecule has 18 heavy (non-hydrogen) atoms. The normalized spacial score (nSPS) is 24.9. The molecule has 1 aromatic rings. The Morgan fingerprint density at radius 1 is 1.33 bits per heavy atom. The predicted molar refractivity (Wildman–Crippen MR) is 60.1 cm³/mol. The Morgan fingerprint density at radius 3 is 2.72 bits per heavy atom. The molecule has 2 aliphatic rings. The standard InChI is InChI=1S/C12H10N2O4/c15-9(16)7-2-1-3-8-6(7)4-5-12(8)10(17)13-11(18)14-12/h1-3H,4-5H2,(H,15,16)(H2,13,14,17,18). The van der Waals surface area contributed by atoms with E-state index in [1.165, 1.54) is 6.07 Å². The van der Waals surface area contributed by atoms with Gasteiger partial charge in [0.2, 0.25) is 0 Å². The second-order valence-corrected chi connectivity index (χ2v) is 4.45. The van der Waals surface area contributed by atoms with Crippen LogP contribution in [0.5, 0.6) is 0 Å². The third-order valence-electron chi connectivity index (χ3n) is 3.56. The number of carbonyl (C=O) groups is 3. The van der Waals surface area contributed by atoms with Crippen molar-refractivity contribution in [3.63, 3.8) is 0 Å². The molecule has 0 bridgehead atoms. The van der Waals surface area contributed by atoms with Gasteiger partial charge in [-0.3, -0.25) is 10.1 Å². The quantitative estimate of drug-likeness (QED) is 0.624. The van der Waals surface area contributed by atoms with Crippen molar-refractivity contribution in [2.45, 2.75) is 18.4 Å². The van der Waals surface area contributed by atoms with Crippen LogP contribution in [-0.2, 0) is 16.8 Å². The van der Waals surface area contributed by atoms with Crippen LogP contribution in [0.4, 0.5) is 4.79 Å². The number of fused-ring (bicyclic) bond motifs is 2. The van der Waals surface area contributed by atoms with E-state index in [-0.39, 0.29) is 5.56 Å². The number of hydrogen-bond acceptors (Lipinski definition) is 3. The van der Waals surface area contributed by atoms with Crippen LogP contribution >= 0.6 is 0 Å². The van der Waals surface area contributed by atoms with E-state index in [4.69, 9.17) is 5.11 Å². The minimum atomic E-state index is -1.09. The number of aromatic carboxylic acids is 1. The van der Waals surface area contributed by atoms with Gasteiger partial charge in [0, 0.05) is 0 Å². The molecular formula is C12H10N2O4. The maximum Gasteiger partial charge on any atom is 0.335 e. The summed E-state index contributed by atoms with van der Waals surface area (Å²) < 4.78 is 0. The van der Waals surface area contributed by atoms with Gasteiger partial charge in [0.05, 0.1) is 5.56 Å². The molecule has 1 aromatic carbocycles. The fourth-order valence-corrected chi connectivity index (χ4v) is 2.76. The molecule has 1 heterocycles. The van der Waals surface area contributed by atoms with Crippen LogP contribution in [0.1, 0.15) is 27.9 Å². The molecule has 1 fully saturated rings. The second kappa shape index (κ2) is 3.32. The first-order chi connectivity index (χ1) is 8.54. The Hall–Kier alpha value is -2.37. The third kappa shape index (κ3) is 1.20. The number of amides is 3. The number of carbonyl (C=O) groups excluding carboxylic acids is 2. The average Bonchev–Trinajstić information content (AvgIpc) is 2.82. The monoisotopic (exact) mass is 246 g/mol. The van der Waals surface area contributed by atoms with Gasteiger partial charge in [0.25, 0.3) is 5.91 Å². The molecule has 1 aliphatic heterocycles. The lowest BCUT2D eigenvalue weighted by Crippen LogP contribution is -2.41. The summed E-state index contributed by atoms with van der Waals surface area (Å²) in [6, 6.07) is 4.26. The van der Waals surface area contributed by atoms with Gasteiger partial charge in [0.15, 0.2) is 0 Å². The van der Waals surface area contributed by atoms with Crippen molar-refractivity contribution in [1.82, 2.24) is 10.6 Å². The lowest BCUT2D eigenvalue weighted by atomic mass is 9.91. The number of hydrogen-bond donors (Lipinski definition) is 3. The van der Waals surface area contributed by atoms with Crippen molar-refractivity contribution < 1.29 is 19.5 Å². The summed E-state index contributed by atoms with van der Waals surface area (Å²) in [6.45, 7) is 0. The summed E-state index contributed by atoms with van der Waals surface area (Å²) >= 11 is 0. The minimum Gasteiger partial charge on any atom is -0.478 e. The minimum absolute atomic E-state index is 0.193. The Balaban J connectivity index is 2.19. The Bertz CT molecular complexity index is 596. The third-order valence-corrected chi connectivity index (χ3v) is 3.56. The fourth-order valence-electron chi connectivity index (χ4n) is 2.76. The maximum absolute atomic E-state index is 11.9. The van der Waals surface area contributed by atoms with Crippen LogP contribution in [0.2, 0.25) is 0 Å². The first-order valence-electron chi connectivity index (χ1n) is 5.54. The van der Waals surface area contributed by atoms with Crippen molar-refractivity contribution in [3.05, 3.63) is 34.9 Å². The van der Waals surface area contributed by atoms with Gasteiger partial charge in [-0.2, -0.15) is 0 Å². The lowest BCUT2D eigenvalue weighted by Gasteiger charge is -2.21. The van der Waals surface area contributed by atoms with Crippen molar-refractivity contribution >= 4 is 17.9 Å². The highest BCUT2D eigenvalue weighted by molar-refractivity contribution is 6.08. The molecule has 1 unspecified atom stereocenters. The SMILES string of the molecule is O=C1NC(=O)C2(CCc3c(C(=O)O)cccc32)N1. The highest BCUT2D eigenvalue weighted by Gasteiger charge is 2.52. The summed E-state index contributed by atoms with van der Waals surface area (Å²) in [6.07, 6.45) is 0.857. The molecule has 1 aliphatic carbocycles. The van der Waals surface area contributed by atoms with Crippen molar-refractivity contribution in [2.24, 2.45) is 0 Å². The van der Waals surface area contributed by atoms with Crippen LogP contribution in [-0.4, -0.2) is 23.0 Å². The predicted octanol–water partition coefficient (Wildman–Crippen LogP) is 0.366. The number of nitrogens with one attached hydrogen (secondary N) is 2. The molecule has 0 saturated carbocycles. The van der Waals surface area contributed by atoms with E-state index in [0.29, 0.717) is 24.0 Å². The smallest absolute Gasteiger partial charge is 0.335 e. The highest BCUT2D eigenvalue weighted by atomic mass is 16.4. The summed E-state index contributed by atoms with van der Waals surface area (Å²) in [5.74, 6) is -1.43. The zero-order valence-corrected chi connectivity index (χ0v) is 9.32. The van der Waals surface area contributed by atoms with E-state index < -0.39 is 23.4 Å². The van der Waals surface area contributed by atoms with Gasteiger partial charge in [-0.05, 0) is 30.0 Å². The molecule has 1 spiro atoms. The Labute approximate surface area is 102 Å². The average molecular weight is 246 g/mol. The van der Waals surface area contributed by atoms with E-state index in [1.807, 2.05) is 0 Å². The van der Waals surface area contributed by atoms with Crippen LogP contribution in [0.25, 0.3) is 0 Å². The zero-order valence-electron chi connectivity index (χ0n) is 9.32.